The Kier molecular flexibility index (Phi) is 5.69. The van der Waals surface area contributed by atoms with E-state index in [0.29, 0.717) is 40.5 Å². The Bertz CT molecular complexity index is 836. The third-order valence-electron chi connectivity index (χ3n) is 3.32. The molecule has 7 heteroatoms. The molecular formula is C18H16N2O4S. The Morgan fingerprint density at radius 3 is 2.72 bits per heavy atom. The fourth-order valence-electron chi connectivity index (χ4n) is 2.12. The van der Waals surface area contributed by atoms with E-state index in [1.54, 1.807) is 18.2 Å². The average molecular weight is 356 g/mol. The van der Waals surface area contributed by atoms with Crippen LogP contribution in [0.5, 0.6) is 11.5 Å². The standard InChI is InChI=1S/C18H16N2O4S/c1-22-16-11-13(12-21)7-8-15(16)23-9-10-25-18-20-19-17(24-18)14-5-3-2-4-6-14/h2-8,11-12H,9-10H2,1H3. The van der Waals surface area contributed by atoms with Gasteiger partial charge in [0.2, 0.25) is 5.89 Å². The van der Waals surface area contributed by atoms with Crippen molar-refractivity contribution in [3.63, 3.8) is 0 Å². The zero-order valence-corrected chi connectivity index (χ0v) is 14.4. The van der Waals surface area contributed by atoms with Gasteiger partial charge in [-0.1, -0.05) is 30.0 Å². The molecule has 0 N–H and O–H groups in total. The first-order chi connectivity index (χ1) is 12.3. The number of rotatable bonds is 8. The normalized spacial score (nSPS) is 10.4. The number of thioether (sulfide) groups is 1. The number of hydrogen-bond acceptors (Lipinski definition) is 7. The Morgan fingerprint density at radius 1 is 1.12 bits per heavy atom. The maximum absolute atomic E-state index is 10.8. The molecular weight excluding hydrogens is 340 g/mol. The van der Waals surface area contributed by atoms with Crippen molar-refractivity contribution in [3.05, 3.63) is 54.1 Å². The number of aldehydes is 1. The molecule has 0 aliphatic rings. The first kappa shape index (κ1) is 17.0. The SMILES string of the molecule is COc1cc(C=O)ccc1OCCSc1nnc(-c2ccccc2)o1. The molecule has 6 nitrogen and oxygen atoms in total. The molecule has 0 saturated heterocycles. The molecule has 0 aliphatic heterocycles. The summed E-state index contributed by atoms with van der Waals surface area (Å²) in [5.74, 6) is 2.24. The van der Waals surface area contributed by atoms with E-state index in [4.69, 9.17) is 13.9 Å². The van der Waals surface area contributed by atoms with Crippen LogP contribution in [0.1, 0.15) is 10.4 Å². The molecule has 0 unspecified atom stereocenters. The molecule has 0 saturated carbocycles. The van der Waals surface area contributed by atoms with Crippen molar-refractivity contribution in [2.75, 3.05) is 19.5 Å². The lowest BCUT2D eigenvalue weighted by molar-refractivity contribution is 0.112. The number of ether oxygens (including phenoxy) is 2. The van der Waals surface area contributed by atoms with Gasteiger partial charge in [0.05, 0.1) is 13.7 Å². The maximum atomic E-state index is 10.8. The minimum atomic E-state index is 0.435. The van der Waals surface area contributed by atoms with Crippen molar-refractivity contribution in [1.82, 2.24) is 10.2 Å². The quantitative estimate of drug-likeness (QED) is 0.346. The number of carbonyl (C=O) groups excluding carboxylic acids is 1. The number of methoxy groups -OCH3 is 1. The fourth-order valence-corrected chi connectivity index (χ4v) is 2.70. The van der Waals surface area contributed by atoms with Crippen molar-refractivity contribution in [2.24, 2.45) is 0 Å². The van der Waals surface area contributed by atoms with Crippen LogP contribution in [0, 0.1) is 0 Å². The highest BCUT2D eigenvalue weighted by molar-refractivity contribution is 7.99. The van der Waals surface area contributed by atoms with Gasteiger partial charge in [0.15, 0.2) is 11.5 Å². The lowest BCUT2D eigenvalue weighted by Crippen LogP contribution is -2.02. The number of nitrogens with zero attached hydrogens (tertiary/aromatic N) is 2. The predicted molar refractivity (Wildman–Crippen MR) is 94.3 cm³/mol. The van der Waals surface area contributed by atoms with Gasteiger partial charge in [-0.25, -0.2) is 0 Å². The zero-order chi connectivity index (χ0) is 17.5. The summed E-state index contributed by atoms with van der Waals surface area (Å²) in [5, 5.41) is 8.55. The highest BCUT2D eigenvalue weighted by Gasteiger charge is 2.09. The second kappa shape index (κ2) is 8.34. The van der Waals surface area contributed by atoms with E-state index >= 15 is 0 Å². The summed E-state index contributed by atoms with van der Waals surface area (Å²) in [6, 6.07) is 14.6. The van der Waals surface area contributed by atoms with E-state index in [2.05, 4.69) is 10.2 Å². The number of aromatic nitrogens is 2. The van der Waals surface area contributed by atoms with Crippen LogP contribution in [-0.4, -0.2) is 36.0 Å². The van der Waals surface area contributed by atoms with Crippen LogP contribution in [0.25, 0.3) is 11.5 Å². The van der Waals surface area contributed by atoms with Crippen molar-refractivity contribution >= 4 is 18.0 Å². The molecule has 0 radical (unpaired) electrons. The van der Waals surface area contributed by atoms with Crippen molar-refractivity contribution in [3.8, 4) is 23.0 Å². The number of benzene rings is 2. The average Bonchev–Trinajstić information content (AvgIpc) is 3.15. The summed E-state index contributed by atoms with van der Waals surface area (Å²) in [5.41, 5.74) is 1.43. The summed E-state index contributed by atoms with van der Waals surface area (Å²) in [4.78, 5) is 10.8. The van der Waals surface area contributed by atoms with Gasteiger partial charge in [-0.15, -0.1) is 10.2 Å². The molecule has 0 atom stereocenters. The van der Waals surface area contributed by atoms with Gasteiger partial charge in [-0.2, -0.15) is 0 Å². The molecule has 0 fully saturated rings. The summed E-state index contributed by atoms with van der Waals surface area (Å²) in [7, 11) is 1.54. The lowest BCUT2D eigenvalue weighted by atomic mass is 10.2. The summed E-state index contributed by atoms with van der Waals surface area (Å²) in [6.07, 6.45) is 0.766. The molecule has 3 rings (SSSR count). The van der Waals surface area contributed by atoms with Gasteiger partial charge in [-0.05, 0) is 30.3 Å². The van der Waals surface area contributed by atoms with E-state index in [0.717, 1.165) is 11.8 Å². The van der Waals surface area contributed by atoms with E-state index in [9.17, 15) is 4.79 Å². The predicted octanol–water partition coefficient (Wildman–Crippen LogP) is 3.73. The minimum Gasteiger partial charge on any atom is -0.493 e. The topological polar surface area (TPSA) is 74.5 Å². The van der Waals surface area contributed by atoms with E-state index in [-0.39, 0.29) is 0 Å². The van der Waals surface area contributed by atoms with Crippen LogP contribution < -0.4 is 9.47 Å². The monoisotopic (exact) mass is 356 g/mol. The highest BCUT2D eigenvalue weighted by atomic mass is 32.2. The maximum Gasteiger partial charge on any atom is 0.276 e. The fraction of sp³-hybridized carbons (Fsp3) is 0.167. The summed E-state index contributed by atoms with van der Waals surface area (Å²) >= 11 is 1.41. The van der Waals surface area contributed by atoms with E-state index < -0.39 is 0 Å². The van der Waals surface area contributed by atoms with Gasteiger partial charge in [0, 0.05) is 16.9 Å². The van der Waals surface area contributed by atoms with Gasteiger partial charge >= 0.3 is 0 Å². The van der Waals surface area contributed by atoms with Crippen LogP contribution >= 0.6 is 11.8 Å². The molecule has 0 amide bonds. The number of carbonyl (C=O) groups is 1. The molecule has 2 aromatic carbocycles. The third-order valence-corrected chi connectivity index (χ3v) is 4.10. The van der Waals surface area contributed by atoms with Crippen molar-refractivity contribution in [2.45, 2.75) is 5.22 Å². The third kappa shape index (κ3) is 4.39. The van der Waals surface area contributed by atoms with Crippen molar-refractivity contribution in [1.29, 1.82) is 0 Å². The zero-order valence-electron chi connectivity index (χ0n) is 13.5. The molecule has 128 valence electrons. The number of hydrogen-bond donors (Lipinski definition) is 0. The molecule has 0 spiro atoms. The lowest BCUT2D eigenvalue weighted by Gasteiger charge is -2.10. The van der Waals surface area contributed by atoms with Gasteiger partial charge in [-0.3, -0.25) is 4.79 Å². The Balaban J connectivity index is 1.52. The molecule has 3 aromatic rings. The van der Waals surface area contributed by atoms with Crippen LogP contribution in [-0.2, 0) is 0 Å². The largest absolute Gasteiger partial charge is 0.493 e. The van der Waals surface area contributed by atoms with Gasteiger partial charge in [0.1, 0.15) is 6.29 Å². The molecule has 1 aromatic heterocycles. The smallest absolute Gasteiger partial charge is 0.276 e. The van der Waals surface area contributed by atoms with E-state index in [1.165, 1.54) is 18.9 Å². The van der Waals surface area contributed by atoms with Gasteiger partial charge in [0.25, 0.3) is 5.22 Å². The van der Waals surface area contributed by atoms with Crippen LogP contribution in [0.15, 0.2) is 58.2 Å². The van der Waals surface area contributed by atoms with E-state index in [1.807, 2.05) is 30.3 Å². The highest BCUT2D eigenvalue weighted by Crippen LogP contribution is 2.28. The second-order valence-corrected chi connectivity index (χ2v) is 6.01. The second-order valence-electron chi connectivity index (χ2n) is 4.96. The molecule has 25 heavy (non-hydrogen) atoms. The van der Waals surface area contributed by atoms with Crippen LogP contribution in [0.4, 0.5) is 0 Å². The minimum absolute atomic E-state index is 0.435. The summed E-state index contributed by atoms with van der Waals surface area (Å²) in [6.45, 7) is 0.435. The Hall–Kier alpha value is -2.80. The van der Waals surface area contributed by atoms with Crippen LogP contribution in [0.2, 0.25) is 0 Å². The van der Waals surface area contributed by atoms with Crippen molar-refractivity contribution < 1.29 is 18.7 Å². The van der Waals surface area contributed by atoms with Crippen LogP contribution in [0.3, 0.4) is 0 Å². The molecule has 0 bridgehead atoms. The summed E-state index contributed by atoms with van der Waals surface area (Å²) < 4.78 is 16.5. The molecule has 1 heterocycles. The first-order valence-electron chi connectivity index (χ1n) is 7.58. The molecule has 0 aliphatic carbocycles. The van der Waals surface area contributed by atoms with Gasteiger partial charge < -0.3 is 13.9 Å². The first-order valence-corrected chi connectivity index (χ1v) is 8.56. The Morgan fingerprint density at radius 2 is 1.96 bits per heavy atom. The Labute approximate surface area is 149 Å².